The summed E-state index contributed by atoms with van der Waals surface area (Å²) < 4.78 is 7.14. The fourth-order valence-electron chi connectivity index (χ4n) is 8.44. The number of aromatic nitrogens is 4. The molecule has 0 saturated carbocycles. The van der Waals surface area contributed by atoms with Gasteiger partial charge in [0.1, 0.15) is 11.3 Å². The van der Waals surface area contributed by atoms with Crippen LogP contribution < -0.4 is 4.90 Å². The van der Waals surface area contributed by atoms with Gasteiger partial charge in [0.2, 0.25) is 0 Å². The molecular formula is C51H35N5. The Kier molecular flexibility index (Phi) is 7.42. The Morgan fingerprint density at radius 1 is 0.357 bits per heavy atom. The molecule has 0 aliphatic heterocycles. The van der Waals surface area contributed by atoms with E-state index in [2.05, 4.69) is 231 Å². The van der Waals surface area contributed by atoms with Crippen LogP contribution >= 0.6 is 0 Å². The van der Waals surface area contributed by atoms with E-state index in [-0.39, 0.29) is 0 Å². The van der Waals surface area contributed by atoms with Crippen molar-refractivity contribution in [3.63, 3.8) is 0 Å². The monoisotopic (exact) mass is 717 g/mol. The van der Waals surface area contributed by atoms with Gasteiger partial charge in [-0.1, -0.05) is 127 Å². The van der Waals surface area contributed by atoms with Crippen LogP contribution in [0.1, 0.15) is 0 Å². The Morgan fingerprint density at radius 2 is 0.839 bits per heavy atom. The largest absolute Gasteiger partial charge is 0.310 e. The lowest BCUT2D eigenvalue weighted by Crippen LogP contribution is -2.09. The molecule has 8 aromatic carbocycles. The van der Waals surface area contributed by atoms with Crippen molar-refractivity contribution in [2.45, 2.75) is 0 Å². The summed E-state index contributed by atoms with van der Waals surface area (Å²) in [5.41, 5.74) is 12.9. The molecule has 3 heterocycles. The molecule has 0 amide bonds. The van der Waals surface area contributed by atoms with Gasteiger partial charge in [-0.2, -0.15) is 0 Å². The van der Waals surface area contributed by atoms with E-state index >= 15 is 0 Å². The first-order chi connectivity index (χ1) is 27.8. The minimum absolute atomic E-state index is 0.899. The number of para-hydroxylation sites is 5. The van der Waals surface area contributed by atoms with Gasteiger partial charge in [-0.15, -0.1) is 0 Å². The average molecular weight is 718 g/mol. The maximum atomic E-state index is 5.55. The molecule has 0 unspecified atom stereocenters. The summed E-state index contributed by atoms with van der Waals surface area (Å²) in [5.74, 6) is 0.899. The molecule has 264 valence electrons. The van der Waals surface area contributed by atoms with Crippen LogP contribution in [-0.2, 0) is 0 Å². The van der Waals surface area contributed by atoms with E-state index in [4.69, 9.17) is 4.98 Å². The molecule has 0 spiro atoms. The van der Waals surface area contributed by atoms with Gasteiger partial charge in [0, 0.05) is 50.5 Å². The molecule has 0 N–H and O–H groups in total. The second kappa shape index (κ2) is 13.0. The lowest BCUT2D eigenvalue weighted by atomic mass is 10.1. The maximum absolute atomic E-state index is 5.55. The SMILES string of the molecule is c1ccc(-c2nc3c(c4c(ccc5c6cc(N(c7ccccc7)c7ccccc7)ccc6n(-c6ccccc6)c54)n3-c3ccccc3)n2-c2ccccc2)cc1. The molecule has 5 heteroatoms. The predicted octanol–water partition coefficient (Wildman–Crippen LogP) is 13.2. The van der Waals surface area contributed by atoms with Crippen LogP contribution in [0.25, 0.3) is 72.3 Å². The Labute approximate surface area is 324 Å². The Balaban J connectivity index is 1.32. The summed E-state index contributed by atoms with van der Waals surface area (Å²) in [6, 6.07) is 75.3. The smallest absolute Gasteiger partial charge is 0.165 e. The third kappa shape index (κ3) is 4.99. The van der Waals surface area contributed by atoms with Crippen molar-refractivity contribution < 1.29 is 0 Å². The Hall–Kier alpha value is -7.63. The van der Waals surface area contributed by atoms with Crippen LogP contribution in [0.2, 0.25) is 0 Å². The van der Waals surface area contributed by atoms with E-state index in [0.29, 0.717) is 0 Å². The number of benzene rings is 8. The molecule has 3 aromatic heterocycles. The molecule has 11 rings (SSSR count). The minimum Gasteiger partial charge on any atom is -0.310 e. The van der Waals surface area contributed by atoms with Crippen LogP contribution in [0, 0.1) is 0 Å². The highest BCUT2D eigenvalue weighted by molar-refractivity contribution is 6.26. The molecule has 0 fully saturated rings. The van der Waals surface area contributed by atoms with Crippen molar-refractivity contribution in [2.75, 3.05) is 4.90 Å². The summed E-state index contributed by atoms with van der Waals surface area (Å²) >= 11 is 0. The van der Waals surface area contributed by atoms with E-state index in [9.17, 15) is 0 Å². The van der Waals surface area contributed by atoms with Gasteiger partial charge in [0.15, 0.2) is 5.65 Å². The quantitative estimate of drug-likeness (QED) is 0.164. The molecule has 0 aliphatic rings. The number of anilines is 3. The first-order valence-electron chi connectivity index (χ1n) is 19.0. The van der Waals surface area contributed by atoms with E-state index in [0.717, 1.165) is 78.6 Å². The van der Waals surface area contributed by atoms with E-state index in [1.54, 1.807) is 0 Å². The van der Waals surface area contributed by atoms with Gasteiger partial charge < -0.3 is 9.47 Å². The van der Waals surface area contributed by atoms with Crippen LogP contribution in [-0.4, -0.2) is 18.7 Å². The van der Waals surface area contributed by atoms with Crippen molar-refractivity contribution >= 4 is 60.9 Å². The van der Waals surface area contributed by atoms with E-state index < -0.39 is 0 Å². The zero-order chi connectivity index (χ0) is 37.0. The van der Waals surface area contributed by atoms with E-state index in [1.165, 1.54) is 10.8 Å². The fraction of sp³-hybridized carbons (Fsp3) is 0. The third-order valence-corrected chi connectivity index (χ3v) is 10.8. The minimum atomic E-state index is 0.899. The van der Waals surface area contributed by atoms with Crippen molar-refractivity contribution in [2.24, 2.45) is 0 Å². The highest BCUT2D eigenvalue weighted by atomic mass is 15.2. The van der Waals surface area contributed by atoms with Gasteiger partial charge in [-0.05, 0) is 84.9 Å². The molecule has 0 atom stereocenters. The summed E-state index contributed by atoms with van der Waals surface area (Å²) in [6.45, 7) is 0. The van der Waals surface area contributed by atoms with E-state index in [1.807, 2.05) is 0 Å². The van der Waals surface area contributed by atoms with Crippen LogP contribution in [0.5, 0.6) is 0 Å². The number of rotatable bonds is 7. The molecule has 5 nitrogen and oxygen atoms in total. The Morgan fingerprint density at radius 3 is 1.41 bits per heavy atom. The predicted molar refractivity (Wildman–Crippen MR) is 232 cm³/mol. The van der Waals surface area contributed by atoms with Crippen LogP contribution in [0.15, 0.2) is 212 Å². The van der Waals surface area contributed by atoms with Gasteiger partial charge in [0.25, 0.3) is 0 Å². The lowest BCUT2D eigenvalue weighted by molar-refractivity contribution is 1.10. The van der Waals surface area contributed by atoms with Gasteiger partial charge in [-0.25, -0.2) is 4.98 Å². The molecule has 11 aromatic rings. The maximum Gasteiger partial charge on any atom is 0.165 e. The zero-order valence-electron chi connectivity index (χ0n) is 30.4. The summed E-state index contributed by atoms with van der Waals surface area (Å²) in [7, 11) is 0. The Bertz CT molecular complexity index is 3110. The first-order valence-corrected chi connectivity index (χ1v) is 19.0. The standard InChI is InChI=1S/C51H35N5/c1-7-19-36(20-8-1)50-52-51-49(56(50)41-29-17-6-18-30-41)47-46(55(51)40-27-15-5-16-28-40)34-32-43-44-35-42(31-33-45(44)54(48(43)47)39-25-13-4-14-26-39)53(37-21-9-2-10-22-37)38-23-11-3-12-24-38/h1-35H. The average Bonchev–Trinajstić information content (AvgIpc) is 3.92. The third-order valence-electron chi connectivity index (χ3n) is 10.8. The van der Waals surface area contributed by atoms with Crippen molar-refractivity contribution in [3.05, 3.63) is 212 Å². The fourth-order valence-corrected chi connectivity index (χ4v) is 8.44. The number of fused-ring (bicyclic) bond motifs is 7. The highest BCUT2D eigenvalue weighted by Gasteiger charge is 2.27. The van der Waals surface area contributed by atoms with Gasteiger partial charge in [0.05, 0.1) is 21.9 Å². The topological polar surface area (TPSA) is 30.9 Å². The van der Waals surface area contributed by atoms with Crippen molar-refractivity contribution in [1.82, 2.24) is 18.7 Å². The number of hydrogen-bond donors (Lipinski definition) is 0. The van der Waals surface area contributed by atoms with Gasteiger partial charge >= 0.3 is 0 Å². The van der Waals surface area contributed by atoms with Crippen molar-refractivity contribution in [1.29, 1.82) is 0 Å². The van der Waals surface area contributed by atoms with Crippen molar-refractivity contribution in [3.8, 4) is 28.5 Å². The number of nitrogens with zero attached hydrogens (tertiary/aromatic N) is 5. The van der Waals surface area contributed by atoms with Gasteiger partial charge in [-0.3, -0.25) is 9.13 Å². The number of imidazole rings is 1. The molecule has 0 aliphatic carbocycles. The first kappa shape index (κ1) is 31.9. The molecule has 0 saturated heterocycles. The van der Waals surface area contributed by atoms with Crippen LogP contribution in [0.4, 0.5) is 17.1 Å². The summed E-state index contributed by atoms with van der Waals surface area (Å²) in [4.78, 5) is 7.89. The molecule has 0 radical (unpaired) electrons. The highest BCUT2D eigenvalue weighted by Crippen LogP contribution is 2.45. The lowest BCUT2D eigenvalue weighted by Gasteiger charge is -2.25. The normalized spacial score (nSPS) is 11.6. The zero-order valence-corrected chi connectivity index (χ0v) is 30.4. The second-order valence-electron chi connectivity index (χ2n) is 14.1. The van der Waals surface area contributed by atoms with Crippen LogP contribution in [0.3, 0.4) is 0 Å². The summed E-state index contributed by atoms with van der Waals surface area (Å²) in [5, 5.41) is 3.49. The second-order valence-corrected chi connectivity index (χ2v) is 14.1. The molecule has 0 bridgehead atoms. The molecular weight excluding hydrogens is 683 g/mol. The number of hydrogen-bond acceptors (Lipinski definition) is 2. The molecule has 56 heavy (non-hydrogen) atoms. The summed E-state index contributed by atoms with van der Waals surface area (Å²) in [6.07, 6.45) is 0.